The molecule has 1 nitrogen and oxygen atoms in total. The summed E-state index contributed by atoms with van der Waals surface area (Å²) in [6.45, 7) is 12.5. The highest BCUT2D eigenvalue weighted by Crippen LogP contribution is 2.66. The summed E-state index contributed by atoms with van der Waals surface area (Å²) in [5.41, 5.74) is 6.15. The fourth-order valence-electron chi connectivity index (χ4n) is 9.51. The third-order valence-corrected chi connectivity index (χ3v) is 11.3. The van der Waals surface area contributed by atoms with Gasteiger partial charge in [-0.05, 0) is 102 Å². The summed E-state index contributed by atoms with van der Waals surface area (Å²) >= 11 is 0. The molecular weight excluding hydrogens is 364 g/mol. The highest BCUT2D eigenvalue weighted by atomic mass is 16.3. The monoisotopic (exact) mass is 410 g/mol. The number of hydrogen-bond donors (Lipinski definition) is 1. The van der Waals surface area contributed by atoms with Crippen LogP contribution in [-0.2, 0) is 0 Å². The van der Waals surface area contributed by atoms with E-state index >= 15 is 0 Å². The smallest absolute Gasteiger partial charge is 0.0594 e. The second-order valence-corrected chi connectivity index (χ2v) is 13.1. The fraction of sp³-hybridized carbons (Fsp3) is 0.862. The Bertz CT molecular complexity index is 750. The molecule has 0 aromatic rings. The summed E-state index contributed by atoms with van der Waals surface area (Å²) in [4.78, 5) is 0. The van der Waals surface area contributed by atoms with Gasteiger partial charge in [-0.1, -0.05) is 72.0 Å². The fourth-order valence-corrected chi connectivity index (χ4v) is 9.51. The minimum absolute atomic E-state index is 0.0503. The number of aliphatic hydroxyl groups is 1. The third-order valence-electron chi connectivity index (χ3n) is 11.3. The zero-order chi connectivity index (χ0) is 21.3. The minimum Gasteiger partial charge on any atom is -0.393 e. The number of fused-ring (bicyclic) bond motifs is 4. The number of allylic oxidation sites excluding steroid dienone is 4. The Labute approximate surface area is 185 Å². The van der Waals surface area contributed by atoms with Crippen molar-refractivity contribution in [3.8, 4) is 0 Å². The van der Waals surface area contributed by atoms with Gasteiger partial charge >= 0.3 is 0 Å². The van der Waals surface area contributed by atoms with Gasteiger partial charge in [0.15, 0.2) is 0 Å². The molecule has 0 saturated heterocycles. The van der Waals surface area contributed by atoms with Crippen molar-refractivity contribution in [1.29, 1.82) is 0 Å². The van der Waals surface area contributed by atoms with Gasteiger partial charge in [0, 0.05) is 0 Å². The molecule has 1 N–H and O–H groups in total. The first-order valence-electron chi connectivity index (χ1n) is 13.3. The standard InChI is InChI=1S/C29H46O/c1-19(18-20-8-6-7-9-20)22-11-12-23-21-10-13-25-27(2,3)26(30)15-17-29(25,5)24(21)14-16-28(22,23)4/h12,19-20,22,25-26,30H,6-11,13-18H2,1-5H3/t19-,22-,25+,26+,28-,29-/m1/s1. The Morgan fingerprint density at radius 1 is 0.967 bits per heavy atom. The van der Waals surface area contributed by atoms with Crippen LogP contribution in [0.2, 0.25) is 0 Å². The first-order chi connectivity index (χ1) is 14.2. The molecule has 6 atom stereocenters. The molecule has 0 aromatic carbocycles. The second kappa shape index (κ2) is 7.23. The Kier molecular flexibility index (Phi) is 5.13. The molecule has 168 valence electrons. The maximum atomic E-state index is 10.8. The molecule has 0 bridgehead atoms. The number of aliphatic hydroxyl groups excluding tert-OH is 1. The number of rotatable bonds is 3. The van der Waals surface area contributed by atoms with Crippen molar-refractivity contribution in [3.63, 3.8) is 0 Å². The highest BCUT2D eigenvalue weighted by Gasteiger charge is 2.57. The Morgan fingerprint density at radius 3 is 2.43 bits per heavy atom. The summed E-state index contributed by atoms with van der Waals surface area (Å²) < 4.78 is 0. The van der Waals surface area contributed by atoms with E-state index in [0.717, 1.165) is 24.2 Å². The van der Waals surface area contributed by atoms with Crippen LogP contribution in [0.1, 0.15) is 112 Å². The van der Waals surface area contributed by atoms with E-state index in [1.807, 2.05) is 5.57 Å². The van der Waals surface area contributed by atoms with Gasteiger partial charge in [-0.15, -0.1) is 0 Å². The first kappa shape index (κ1) is 21.3. The molecule has 2 fully saturated rings. The van der Waals surface area contributed by atoms with Crippen LogP contribution in [0, 0.1) is 39.9 Å². The van der Waals surface area contributed by atoms with Crippen molar-refractivity contribution in [2.75, 3.05) is 0 Å². The molecule has 5 aliphatic carbocycles. The Morgan fingerprint density at radius 2 is 1.70 bits per heavy atom. The van der Waals surface area contributed by atoms with Gasteiger partial charge in [0.2, 0.25) is 0 Å². The van der Waals surface area contributed by atoms with Crippen molar-refractivity contribution in [2.24, 2.45) is 39.9 Å². The van der Waals surface area contributed by atoms with Gasteiger partial charge in [0.25, 0.3) is 0 Å². The van der Waals surface area contributed by atoms with Crippen LogP contribution in [0.3, 0.4) is 0 Å². The normalized spacial score (nSPS) is 44.3. The van der Waals surface area contributed by atoms with E-state index in [-0.39, 0.29) is 11.5 Å². The average Bonchev–Trinajstić information content (AvgIpc) is 3.32. The molecule has 0 heterocycles. The molecular formula is C29H46O. The van der Waals surface area contributed by atoms with Gasteiger partial charge in [0.05, 0.1) is 6.10 Å². The molecule has 30 heavy (non-hydrogen) atoms. The van der Waals surface area contributed by atoms with Crippen molar-refractivity contribution < 1.29 is 5.11 Å². The molecule has 0 unspecified atom stereocenters. The topological polar surface area (TPSA) is 20.2 Å². The summed E-state index contributed by atoms with van der Waals surface area (Å²) in [5, 5.41) is 10.8. The van der Waals surface area contributed by atoms with Crippen LogP contribution < -0.4 is 0 Å². The number of hydrogen-bond acceptors (Lipinski definition) is 1. The van der Waals surface area contributed by atoms with Crippen molar-refractivity contribution in [3.05, 3.63) is 22.8 Å². The van der Waals surface area contributed by atoms with E-state index in [1.54, 1.807) is 11.1 Å². The zero-order valence-corrected chi connectivity index (χ0v) is 20.4. The Hall–Kier alpha value is -0.560. The van der Waals surface area contributed by atoms with Gasteiger partial charge < -0.3 is 5.11 Å². The second-order valence-electron chi connectivity index (χ2n) is 13.1. The molecule has 0 radical (unpaired) electrons. The lowest BCUT2D eigenvalue weighted by molar-refractivity contribution is -0.0905. The predicted octanol–water partition coefficient (Wildman–Crippen LogP) is 7.84. The quantitative estimate of drug-likeness (QED) is 0.502. The van der Waals surface area contributed by atoms with Gasteiger partial charge in [0.1, 0.15) is 0 Å². The van der Waals surface area contributed by atoms with E-state index in [9.17, 15) is 5.11 Å². The lowest BCUT2D eigenvalue weighted by Gasteiger charge is -2.59. The lowest BCUT2D eigenvalue weighted by Crippen LogP contribution is -2.53. The van der Waals surface area contributed by atoms with Gasteiger partial charge in [-0.25, -0.2) is 0 Å². The lowest BCUT2D eigenvalue weighted by atomic mass is 9.46. The summed E-state index contributed by atoms with van der Waals surface area (Å²) in [7, 11) is 0. The van der Waals surface area contributed by atoms with Crippen LogP contribution in [-0.4, -0.2) is 11.2 Å². The summed E-state index contributed by atoms with van der Waals surface area (Å²) in [5.74, 6) is 3.37. The molecule has 0 spiro atoms. The average molecular weight is 411 g/mol. The molecule has 5 aliphatic rings. The predicted molar refractivity (Wildman–Crippen MR) is 126 cm³/mol. The molecule has 1 heteroatoms. The SMILES string of the molecule is C[C@H](CC1CCCC1)[C@H]1CC=C2C3=C(CC[C@@]21C)[C@@]1(C)CC[C@H](O)C(C)(C)[C@@H]1CC3. The maximum absolute atomic E-state index is 10.8. The van der Waals surface area contributed by atoms with Crippen molar-refractivity contribution in [2.45, 2.75) is 118 Å². The van der Waals surface area contributed by atoms with E-state index < -0.39 is 0 Å². The van der Waals surface area contributed by atoms with Gasteiger partial charge in [-0.3, -0.25) is 0 Å². The largest absolute Gasteiger partial charge is 0.393 e. The summed E-state index contributed by atoms with van der Waals surface area (Å²) in [6, 6.07) is 0. The van der Waals surface area contributed by atoms with E-state index in [4.69, 9.17) is 0 Å². The van der Waals surface area contributed by atoms with Crippen LogP contribution >= 0.6 is 0 Å². The molecule has 5 rings (SSSR count). The summed E-state index contributed by atoms with van der Waals surface area (Å²) in [6.07, 6.45) is 18.7. The molecule has 0 aromatic heterocycles. The van der Waals surface area contributed by atoms with Crippen molar-refractivity contribution >= 4 is 0 Å². The van der Waals surface area contributed by atoms with Crippen LogP contribution in [0.5, 0.6) is 0 Å². The first-order valence-corrected chi connectivity index (χ1v) is 13.3. The molecule has 2 saturated carbocycles. The van der Waals surface area contributed by atoms with Crippen LogP contribution in [0.25, 0.3) is 0 Å². The van der Waals surface area contributed by atoms with E-state index in [1.165, 1.54) is 70.6 Å². The highest BCUT2D eigenvalue weighted by molar-refractivity contribution is 5.49. The van der Waals surface area contributed by atoms with Gasteiger partial charge in [-0.2, -0.15) is 0 Å². The minimum atomic E-state index is -0.127. The van der Waals surface area contributed by atoms with E-state index in [2.05, 4.69) is 40.7 Å². The molecule has 0 aliphatic heterocycles. The molecule has 0 amide bonds. The third kappa shape index (κ3) is 2.96. The van der Waals surface area contributed by atoms with Crippen LogP contribution in [0.15, 0.2) is 22.8 Å². The van der Waals surface area contributed by atoms with Crippen molar-refractivity contribution in [1.82, 2.24) is 0 Å². The Balaban J connectivity index is 1.42. The zero-order valence-electron chi connectivity index (χ0n) is 20.4. The van der Waals surface area contributed by atoms with Crippen LogP contribution in [0.4, 0.5) is 0 Å². The maximum Gasteiger partial charge on any atom is 0.0594 e. The van der Waals surface area contributed by atoms with E-state index in [0.29, 0.717) is 16.7 Å².